The number of likely N-dealkylation sites (N-methyl/N-ethyl adjacent to an activating group) is 1. The molecule has 106 valence electrons. The van der Waals surface area contributed by atoms with E-state index in [2.05, 4.69) is 40.0 Å². The van der Waals surface area contributed by atoms with Gasteiger partial charge in [0.1, 0.15) is 5.82 Å². The van der Waals surface area contributed by atoms with Crippen LogP contribution >= 0.6 is 15.9 Å². The zero-order valence-electron chi connectivity index (χ0n) is 11.4. The number of carbonyl (C=O) groups excluding carboxylic acids is 1. The maximum Gasteiger partial charge on any atom is 0.254 e. The van der Waals surface area contributed by atoms with E-state index in [1.165, 1.54) is 12.1 Å². The van der Waals surface area contributed by atoms with E-state index in [0.29, 0.717) is 11.0 Å². The molecule has 5 heteroatoms. The molecular formula is C14H20BrFN2O. The zero-order chi connectivity index (χ0) is 14.3. The summed E-state index contributed by atoms with van der Waals surface area (Å²) in [5, 5.41) is 2.75. The van der Waals surface area contributed by atoms with Crippen molar-refractivity contribution in [2.75, 3.05) is 26.2 Å². The van der Waals surface area contributed by atoms with Gasteiger partial charge in [0, 0.05) is 17.6 Å². The van der Waals surface area contributed by atoms with E-state index in [1.54, 1.807) is 6.07 Å². The van der Waals surface area contributed by atoms with Gasteiger partial charge in [-0.15, -0.1) is 0 Å². The number of rotatable bonds is 7. The van der Waals surface area contributed by atoms with Crippen LogP contribution in [0.15, 0.2) is 22.7 Å². The van der Waals surface area contributed by atoms with Crippen molar-refractivity contribution in [2.24, 2.45) is 0 Å². The van der Waals surface area contributed by atoms with Crippen molar-refractivity contribution in [1.29, 1.82) is 0 Å². The Morgan fingerprint density at radius 2 is 2.11 bits per heavy atom. The second-order valence-electron chi connectivity index (χ2n) is 4.31. The number of hydrogen-bond donors (Lipinski definition) is 1. The molecule has 19 heavy (non-hydrogen) atoms. The Bertz CT molecular complexity index is 426. The Morgan fingerprint density at radius 1 is 1.37 bits per heavy atom. The SMILES string of the molecule is CCCN(CC)CCNC(=O)c1cc(Br)ccc1F. The van der Waals surface area contributed by atoms with Crippen LogP contribution in [0.3, 0.4) is 0 Å². The number of nitrogens with one attached hydrogen (secondary N) is 1. The maximum atomic E-state index is 13.5. The minimum Gasteiger partial charge on any atom is -0.351 e. The topological polar surface area (TPSA) is 32.3 Å². The van der Waals surface area contributed by atoms with Crippen LogP contribution in [-0.2, 0) is 0 Å². The summed E-state index contributed by atoms with van der Waals surface area (Å²) in [6.07, 6.45) is 1.09. The van der Waals surface area contributed by atoms with Crippen molar-refractivity contribution in [3.8, 4) is 0 Å². The van der Waals surface area contributed by atoms with Crippen molar-refractivity contribution in [2.45, 2.75) is 20.3 Å². The molecule has 0 fully saturated rings. The highest BCUT2D eigenvalue weighted by molar-refractivity contribution is 9.10. The van der Waals surface area contributed by atoms with Crippen LogP contribution in [0.2, 0.25) is 0 Å². The monoisotopic (exact) mass is 330 g/mol. The fourth-order valence-corrected chi connectivity index (χ4v) is 2.20. The van der Waals surface area contributed by atoms with Crippen LogP contribution < -0.4 is 5.32 Å². The number of halogens is 2. The largest absolute Gasteiger partial charge is 0.351 e. The summed E-state index contributed by atoms with van der Waals surface area (Å²) in [6, 6.07) is 4.36. The summed E-state index contributed by atoms with van der Waals surface area (Å²) in [5.74, 6) is -0.868. The first-order valence-corrected chi connectivity index (χ1v) is 7.33. The van der Waals surface area contributed by atoms with Gasteiger partial charge in [-0.25, -0.2) is 4.39 Å². The van der Waals surface area contributed by atoms with E-state index < -0.39 is 5.82 Å². The molecule has 1 N–H and O–H groups in total. The predicted octanol–water partition coefficient (Wildman–Crippen LogP) is 3.05. The van der Waals surface area contributed by atoms with Crippen molar-refractivity contribution in [3.05, 3.63) is 34.1 Å². The molecule has 0 bridgehead atoms. The first kappa shape index (κ1) is 16.1. The lowest BCUT2D eigenvalue weighted by Crippen LogP contribution is -2.35. The summed E-state index contributed by atoms with van der Waals surface area (Å²) in [7, 11) is 0. The minimum atomic E-state index is -0.499. The van der Waals surface area contributed by atoms with Gasteiger partial charge in [-0.2, -0.15) is 0 Å². The minimum absolute atomic E-state index is 0.0768. The Morgan fingerprint density at radius 3 is 2.74 bits per heavy atom. The third-order valence-corrected chi connectivity index (χ3v) is 3.37. The van der Waals surface area contributed by atoms with E-state index in [0.717, 1.165) is 26.1 Å². The van der Waals surface area contributed by atoms with Crippen LogP contribution in [0.4, 0.5) is 4.39 Å². The van der Waals surface area contributed by atoms with Crippen LogP contribution in [0.25, 0.3) is 0 Å². The molecule has 1 amide bonds. The molecule has 0 radical (unpaired) electrons. The number of hydrogen-bond acceptors (Lipinski definition) is 2. The average Bonchev–Trinajstić information content (AvgIpc) is 2.40. The number of amides is 1. The zero-order valence-corrected chi connectivity index (χ0v) is 13.0. The fraction of sp³-hybridized carbons (Fsp3) is 0.500. The van der Waals surface area contributed by atoms with Gasteiger partial charge in [0.15, 0.2) is 0 Å². The fourth-order valence-electron chi connectivity index (χ4n) is 1.84. The highest BCUT2D eigenvalue weighted by Gasteiger charge is 2.11. The van der Waals surface area contributed by atoms with E-state index in [-0.39, 0.29) is 11.5 Å². The lowest BCUT2D eigenvalue weighted by atomic mass is 10.2. The molecular weight excluding hydrogens is 311 g/mol. The molecule has 0 spiro atoms. The summed E-state index contributed by atoms with van der Waals surface area (Å²) >= 11 is 3.23. The van der Waals surface area contributed by atoms with Crippen LogP contribution in [-0.4, -0.2) is 37.0 Å². The van der Waals surface area contributed by atoms with Crippen molar-refractivity contribution < 1.29 is 9.18 Å². The Labute approximate surface area is 122 Å². The smallest absolute Gasteiger partial charge is 0.254 e. The third kappa shape index (κ3) is 5.28. The van der Waals surface area contributed by atoms with E-state index in [4.69, 9.17) is 0 Å². The Kier molecular flexibility index (Phi) is 7.02. The normalized spacial score (nSPS) is 10.8. The first-order chi connectivity index (χ1) is 9.08. The quantitative estimate of drug-likeness (QED) is 0.833. The number of benzene rings is 1. The van der Waals surface area contributed by atoms with E-state index in [9.17, 15) is 9.18 Å². The van der Waals surface area contributed by atoms with Crippen molar-refractivity contribution >= 4 is 21.8 Å². The lowest BCUT2D eigenvalue weighted by molar-refractivity contribution is 0.0944. The summed E-state index contributed by atoms with van der Waals surface area (Å²) in [4.78, 5) is 14.1. The van der Waals surface area contributed by atoms with Gasteiger partial charge < -0.3 is 10.2 Å². The molecule has 0 aliphatic heterocycles. The van der Waals surface area contributed by atoms with Gasteiger partial charge in [-0.3, -0.25) is 4.79 Å². The molecule has 1 aromatic rings. The second kappa shape index (κ2) is 8.27. The molecule has 1 aromatic carbocycles. The summed E-state index contributed by atoms with van der Waals surface area (Å²) in [6.45, 7) is 7.49. The van der Waals surface area contributed by atoms with Crippen molar-refractivity contribution in [3.63, 3.8) is 0 Å². The van der Waals surface area contributed by atoms with Gasteiger partial charge in [-0.05, 0) is 37.7 Å². The van der Waals surface area contributed by atoms with Gasteiger partial charge in [0.25, 0.3) is 5.91 Å². The van der Waals surface area contributed by atoms with Gasteiger partial charge >= 0.3 is 0 Å². The second-order valence-corrected chi connectivity index (χ2v) is 5.23. The van der Waals surface area contributed by atoms with Crippen LogP contribution in [0, 0.1) is 5.82 Å². The highest BCUT2D eigenvalue weighted by atomic mass is 79.9. The molecule has 1 rings (SSSR count). The average molecular weight is 331 g/mol. The summed E-state index contributed by atoms with van der Waals surface area (Å²) < 4.78 is 14.2. The van der Waals surface area contributed by atoms with Gasteiger partial charge in [0.05, 0.1) is 5.56 Å². The number of carbonyl (C=O) groups is 1. The lowest BCUT2D eigenvalue weighted by Gasteiger charge is -2.19. The summed E-state index contributed by atoms with van der Waals surface area (Å²) in [5.41, 5.74) is 0.0768. The molecule has 0 aliphatic carbocycles. The van der Waals surface area contributed by atoms with E-state index >= 15 is 0 Å². The molecule has 0 saturated heterocycles. The molecule has 0 atom stereocenters. The third-order valence-electron chi connectivity index (χ3n) is 2.87. The maximum absolute atomic E-state index is 13.5. The molecule has 0 saturated carbocycles. The Hall–Kier alpha value is -0.940. The molecule has 3 nitrogen and oxygen atoms in total. The highest BCUT2D eigenvalue weighted by Crippen LogP contribution is 2.15. The molecule has 0 heterocycles. The number of nitrogens with zero attached hydrogens (tertiary/aromatic N) is 1. The standard InChI is InChI=1S/C14H20BrFN2O/c1-3-8-18(4-2)9-7-17-14(19)12-10-11(15)5-6-13(12)16/h5-6,10H,3-4,7-9H2,1-2H3,(H,17,19). The van der Waals surface area contributed by atoms with Gasteiger partial charge in [-0.1, -0.05) is 29.8 Å². The van der Waals surface area contributed by atoms with Crippen LogP contribution in [0.5, 0.6) is 0 Å². The Balaban J connectivity index is 2.49. The first-order valence-electron chi connectivity index (χ1n) is 6.54. The molecule has 0 unspecified atom stereocenters. The van der Waals surface area contributed by atoms with E-state index in [1.807, 2.05) is 0 Å². The van der Waals surface area contributed by atoms with Crippen LogP contribution in [0.1, 0.15) is 30.6 Å². The van der Waals surface area contributed by atoms with Gasteiger partial charge in [0.2, 0.25) is 0 Å². The molecule has 0 aliphatic rings. The van der Waals surface area contributed by atoms with Crippen molar-refractivity contribution in [1.82, 2.24) is 10.2 Å². The predicted molar refractivity (Wildman–Crippen MR) is 78.8 cm³/mol. The molecule has 0 aromatic heterocycles.